The lowest BCUT2D eigenvalue weighted by Gasteiger charge is -2.13. The van der Waals surface area contributed by atoms with E-state index < -0.39 is 6.10 Å². The third-order valence-electron chi connectivity index (χ3n) is 4.02. The molecule has 0 aliphatic carbocycles. The molecule has 1 heterocycles. The summed E-state index contributed by atoms with van der Waals surface area (Å²) in [7, 11) is 1.66. The molecular weight excluding hydrogens is 330 g/mol. The molecule has 2 aromatic carbocycles. The van der Waals surface area contributed by atoms with Gasteiger partial charge in [0.2, 0.25) is 5.88 Å². The highest BCUT2D eigenvalue weighted by atomic mass is 16.5. The highest BCUT2D eigenvalue weighted by Crippen LogP contribution is 2.20. The summed E-state index contributed by atoms with van der Waals surface area (Å²) in [6.07, 6.45) is 1.71. The van der Waals surface area contributed by atoms with Crippen molar-refractivity contribution in [3.8, 4) is 11.6 Å². The maximum Gasteiger partial charge on any atom is 0.224 e. The number of benzene rings is 2. The van der Waals surface area contributed by atoms with Gasteiger partial charge in [0.1, 0.15) is 24.8 Å². The largest absolute Gasteiger partial charge is 0.497 e. The molecule has 3 aromatic rings. The fraction of sp³-hybridized carbons (Fsp3) is 0.300. The van der Waals surface area contributed by atoms with E-state index in [1.165, 1.54) is 11.9 Å². The number of nitrogens with zero attached hydrogens (tertiary/aromatic N) is 2. The quantitative estimate of drug-likeness (QED) is 0.575. The maximum absolute atomic E-state index is 10.1. The van der Waals surface area contributed by atoms with Crippen LogP contribution in [0.5, 0.6) is 11.6 Å². The molecular formula is C20H23N3O3. The number of para-hydroxylation sites is 1. The number of aliphatic hydroxyl groups excluding tert-OH is 1. The number of ether oxygens (including phenoxy) is 2. The van der Waals surface area contributed by atoms with Crippen molar-refractivity contribution in [1.82, 2.24) is 15.3 Å². The van der Waals surface area contributed by atoms with Crippen LogP contribution >= 0.6 is 0 Å². The van der Waals surface area contributed by atoms with Gasteiger partial charge in [-0.1, -0.05) is 24.3 Å². The van der Waals surface area contributed by atoms with E-state index in [2.05, 4.69) is 21.4 Å². The zero-order valence-corrected chi connectivity index (χ0v) is 14.8. The molecule has 0 aliphatic rings. The summed E-state index contributed by atoms with van der Waals surface area (Å²) >= 11 is 0. The first-order valence-electron chi connectivity index (χ1n) is 8.60. The molecule has 26 heavy (non-hydrogen) atoms. The van der Waals surface area contributed by atoms with Crippen molar-refractivity contribution in [3.63, 3.8) is 0 Å². The predicted octanol–water partition coefficient (Wildman–Crippen LogP) is 2.21. The normalized spacial score (nSPS) is 12.1. The molecule has 0 fully saturated rings. The Labute approximate surface area is 152 Å². The molecule has 0 amide bonds. The predicted molar refractivity (Wildman–Crippen MR) is 101 cm³/mol. The molecule has 1 atom stereocenters. The SMILES string of the molecule is COc1cccc(CCNCC(O)COc2ncnc3ccccc23)c1. The first-order chi connectivity index (χ1) is 12.8. The summed E-state index contributed by atoms with van der Waals surface area (Å²) in [5.41, 5.74) is 2.01. The summed E-state index contributed by atoms with van der Waals surface area (Å²) in [6.45, 7) is 1.39. The van der Waals surface area contributed by atoms with Crippen LogP contribution in [0.25, 0.3) is 10.9 Å². The van der Waals surface area contributed by atoms with E-state index in [-0.39, 0.29) is 6.61 Å². The number of hydrogen-bond acceptors (Lipinski definition) is 6. The standard InChI is InChI=1S/C20H23N3O3/c1-25-17-6-4-5-15(11-17)9-10-21-12-16(24)13-26-20-18-7-2-3-8-19(18)22-14-23-20/h2-8,11,14,16,21,24H,9-10,12-13H2,1H3. The number of aliphatic hydroxyl groups is 1. The average molecular weight is 353 g/mol. The lowest BCUT2D eigenvalue weighted by molar-refractivity contribution is 0.105. The number of nitrogens with one attached hydrogen (secondary N) is 1. The summed E-state index contributed by atoms with van der Waals surface area (Å²) in [4.78, 5) is 8.35. The average Bonchev–Trinajstić information content (AvgIpc) is 2.69. The summed E-state index contributed by atoms with van der Waals surface area (Å²) in [6, 6.07) is 15.6. The second kappa shape index (κ2) is 9.12. The summed E-state index contributed by atoms with van der Waals surface area (Å²) < 4.78 is 10.9. The Morgan fingerprint density at radius 1 is 1.12 bits per heavy atom. The fourth-order valence-corrected chi connectivity index (χ4v) is 2.66. The Morgan fingerprint density at radius 3 is 2.88 bits per heavy atom. The molecule has 0 radical (unpaired) electrons. The van der Waals surface area contributed by atoms with E-state index in [1.54, 1.807) is 7.11 Å². The molecule has 2 N–H and O–H groups in total. The van der Waals surface area contributed by atoms with Gasteiger partial charge in [0.05, 0.1) is 18.0 Å². The minimum absolute atomic E-state index is 0.174. The van der Waals surface area contributed by atoms with Crippen LogP contribution in [0, 0.1) is 0 Å². The Balaban J connectivity index is 1.42. The number of aromatic nitrogens is 2. The lowest BCUT2D eigenvalue weighted by atomic mass is 10.1. The lowest BCUT2D eigenvalue weighted by Crippen LogP contribution is -2.32. The zero-order chi connectivity index (χ0) is 18.2. The Bertz CT molecular complexity index is 836. The molecule has 0 spiro atoms. The van der Waals surface area contributed by atoms with E-state index in [0.29, 0.717) is 12.4 Å². The summed E-state index contributed by atoms with van der Waals surface area (Å²) in [5.74, 6) is 1.35. The monoisotopic (exact) mass is 353 g/mol. The topological polar surface area (TPSA) is 76.5 Å². The van der Waals surface area contributed by atoms with Gasteiger partial charge in [0, 0.05) is 6.54 Å². The van der Waals surface area contributed by atoms with Crippen molar-refractivity contribution in [1.29, 1.82) is 0 Å². The van der Waals surface area contributed by atoms with Crippen LogP contribution in [-0.4, -0.2) is 48.0 Å². The minimum atomic E-state index is -0.617. The van der Waals surface area contributed by atoms with Crippen LogP contribution < -0.4 is 14.8 Å². The van der Waals surface area contributed by atoms with Crippen molar-refractivity contribution in [2.45, 2.75) is 12.5 Å². The number of rotatable bonds is 9. The van der Waals surface area contributed by atoms with Gasteiger partial charge in [0.15, 0.2) is 0 Å². The van der Waals surface area contributed by atoms with E-state index in [9.17, 15) is 5.11 Å². The van der Waals surface area contributed by atoms with Crippen molar-refractivity contribution in [2.24, 2.45) is 0 Å². The first kappa shape index (κ1) is 18.1. The van der Waals surface area contributed by atoms with Gasteiger partial charge in [-0.2, -0.15) is 0 Å². The third kappa shape index (κ3) is 4.91. The Kier molecular flexibility index (Phi) is 6.35. The Hall–Kier alpha value is -2.70. The molecule has 3 rings (SSSR count). The van der Waals surface area contributed by atoms with Gasteiger partial charge in [-0.15, -0.1) is 0 Å². The van der Waals surface area contributed by atoms with Crippen LogP contribution in [-0.2, 0) is 6.42 Å². The molecule has 136 valence electrons. The van der Waals surface area contributed by atoms with Crippen LogP contribution in [0.4, 0.5) is 0 Å². The number of hydrogen-bond donors (Lipinski definition) is 2. The van der Waals surface area contributed by atoms with Crippen LogP contribution in [0.2, 0.25) is 0 Å². The van der Waals surface area contributed by atoms with Crippen molar-refractivity contribution in [3.05, 3.63) is 60.4 Å². The van der Waals surface area contributed by atoms with Crippen molar-refractivity contribution in [2.75, 3.05) is 26.8 Å². The molecule has 1 aromatic heterocycles. The molecule has 0 aliphatic heterocycles. The van der Waals surface area contributed by atoms with Crippen LogP contribution in [0.1, 0.15) is 5.56 Å². The second-order valence-corrected chi connectivity index (χ2v) is 5.97. The molecule has 0 saturated heterocycles. The van der Waals surface area contributed by atoms with Gasteiger partial charge in [-0.05, 0) is 42.8 Å². The van der Waals surface area contributed by atoms with Gasteiger partial charge < -0.3 is 19.9 Å². The van der Waals surface area contributed by atoms with Gasteiger partial charge in [0.25, 0.3) is 0 Å². The van der Waals surface area contributed by atoms with Gasteiger partial charge in [-0.3, -0.25) is 0 Å². The van der Waals surface area contributed by atoms with Gasteiger partial charge in [-0.25, -0.2) is 9.97 Å². The summed E-state index contributed by atoms with van der Waals surface area (Å²) in [5, 5.41) is 14.2. The van der Waals surface area contributed by atoms with Crippen molar-refractivity contribution < 1.29 is 14.6 Å². The fourth-order valence-electron chi connectivity index (χ4n) is 2.66. The van der Waals surface area contributed by atoms with Crippen molar-refractivity contribution >= 4 is 10.9 Å². The smallest absolute Gasteiger partial charge is 0.224 e. The van der Waals surface area contributed by atoms with E-state index in [0.717, 1.165) is 29.6 Å². The number of fused-ring (bicyclic) bond motifs is 1. The zero-order valence-electron chi connectivity index (χ0n) is 14.8. The Morgan fingerprint density at radius 2 is 2.00 bits per heavy atom. The van der Waals surface area contributed by atoms with E-state index >= 15 is 0 Å². The third-order valence-corrected chi connectivity index (χ3v) is 4.02. The van der Waals surface area contributed by atoms with Gasteiger partial charge >= 0.3 is 0 Å². The molecule has 6 nitrogen and oxygen atoms in total. The van der Waals surface area contributed by atoms with E-state index in [1.807, 2.05) is 42.5 Å². The molecule has 1 unspecified atom stereocenters. The highest BCUT2D eigenvalue weighted by molar-refractivity contribution is 5.82. The van der Waals surface area contributed by atoms with Crippen LogP contribution in [0.3, 0.4) is 0 Å². The molecule has 0 saturated carbocycles. The minimum Gasteiger partial charge on any atom is -0.497 e. The molecule has 0 bridgehead atoms. The first-order valence-corrected chi connectivity index (χ1v) is 8.60. The highest BCUT2D eigenvalue weighted by Gasteiger charge is 2.08. The maximum atomic E-state index is 10.1. The van der Waals surface area contributed by atoms with E-state index in [4.69, 9.17) is 9.47 Å². The van der Waals surface area contributed by atoms with Crippen LogP contribution in [0.15, 0.2) is 54.9 Å². The number of methoxy groups -OCH3 is 1. The second-order valence-electron chi connectivity index (χ2n) is 5.97. The molecule has 6 heteroatoms.